The fourth-order valence-corrected chi connectivity index (χ4v) is 3.20. The highest BCUT2D eigenvalue weighted by Crippen LogP contribution is 2.21. The smallest absolute Gasteiger partial charge is 0.254 e. The molecule has 128 valence electrons. The van der Waals surface area contributed by atoms with Crippen LogP contribution in [0.25, 0.3) is 10.9 Å². The Balaban J connectivity index is 1.44. The Hall–Kier alpha value is -3.39. The molecule has 4 rings (SSSR count). The molecular formula is C21H17N3O2. The molecule has 26 heavy (non-hydrogen) atoms. The second-order valence-corrected chi connectivity index (χ2v) is 6.31. The molecule has 0 aliphatic carbocycles. The molecule has 1 aliphatic rings. The van der Waals surface area contributed by atoms with Gasteiger partial charge in [0.15, 0.2) is 0 Å². The number of pyridine rings is 1. The third-order valence-corrected chi connectivity index (χ3v) is 4.53. The first-order valence-corrected chi connectivity index (χ1v) is 8.55. The molecule has 1 amide bonds. The lowest BCUT2D eigenvalue weighted by Crippen LogP contribution is -2.31. The van der Waals surface area contributed by atoms with E-state index in [0.29, 0.717) is 30.1 Å². The Bertz CT molecular complexity index is 1010. The number of aromatic nitrogens is 1. The molecule has 1 aromatic heterocycles. The minimum atomic E-state index is -0.0771. The van der Waals surface area contributed by atoms with E-state index in [1.807, 2.05) is 36.4 Å². The molecule has 1 fully saturated rings. The molecule has 1 atom stereocenters. The van der Waals surface area contributed by atoms with Gasteiger partial charge >= 0.3 is 0 Å². The number of amides is 1. The Labute approximate surface area is 151 Å². The first-order chi connectivity index (χ1) is 12.7. The molecular weight excluding hydrogens is 326 g/mol. The molecule has 1 aliphatic heterocycles. The van der Waals surface area contributed by atoms with E-state index >= 15 is 0 Å². The Kier molecular flexibility index (Phi) is 4.24. The van der Waals surface area contributed by atoms with Gasteiger partial charge in [-0.05, 0) is 30.3 Å². The molecule has 3 aromatic rings. The number of benzene rings is 2. The first kappa shape index (κ1) is 16.1. The molecule has 0 saturated carbocycles. The second-order valence-electron chi connectivity index (χ2n) is 6.31. The van der Waals surface area contributed by atoms with Crippen molar-refractivity contribution in [3.05, 3.63) is 71.8 Å². The SMILES string of the molecule is N#Cc1cccc(C(=O)N2CCC(Oc3ccc4ccccc4n3)C2)c1. The zero-order chi connectivity index (χ0) is 17.9. The third kappa shape index (κ3) is 3.22. The van der Waals surface area contributed by atoms with Crippen LogP contribution in [0.2, 0.25) is 0 Å². The summed E-state index contributed by atoms with van der Waals surface area (Å²) in [6.07, 6.45) is 0.685. The van der Waals surface area contributed by atoms with Crippen LogP contribution in [-0.4, -0.2) is 35.0 Å². The lowest BCUT2D eigenvalue weighted by atomic mass is 10.1. The van der Waals surface area contributed by atoms with Crippen LogP contribution in [0.5, 0.6) is 5.88 Å². The van der Waals surface area contributed by atoms with E-state index < -0.39 is 0 Å². The van der Waals surface area contributed by atoms with Crippen molar-refractivity contribution in [3.8, 4) is 11.9 Å². The van der Waals surface area contributed by atoms with Crippen molar-refractivity contribution in [2.24, 2.45) is 0 Å². The van der Waals surface area contributed by atoms with Gasteiger partial charge in [-0.1, -0.05) is 24.3 Å². The summed E-state index contributed by atoms with van der Waals surface area (Å²) in [5.74, 6) is 0.508. The number of fused-ring (bicyclic) bond motifs is 1. The Morgan fingerprint density at radius 2 is 2.04 bits per heavy atom. The zero-order valence-corrected chi connectivity index (χ0v) is 14.1. The molecule has 0 N–H and O–H groups in total. The highest BCUT2D eigenvalue weighted by atomic mass is 16.5. The van der Waals surface area contributed by atoms with Crippen molar-refractivity contribution in [2.75, 3.05) is 13.1 Å². The van der Waals surface area contributed by atoms with Gasteiger partial charge < -0.3 is 9.64 Å². The van der Waals surface area contributed by atoms with Crippen LogP contribution < -0.4 is 4.74 Å². The number of hydrogen-bond acceptors (Lipinski definition) is 4. The van der Waals surface area contributed by atoms with Gasteiger partial charge in [0.25, 0.3) is 5.91 Å². The van der Waals surface area contributed by atoms with Gasteiger partial charge in [-0.2, -0.15) is 5.26 Å². The van der Waals surface area contributed by atoms with E-state index in [1.165, 1.54) is 0 Å². The minimum Gasteiger partial charge on any atom is -0.472 e. The molecule has 1 unspecified atom stereocenters. The summed E-state index contributed by atoms with van der Waals surface area (Å²) in [6, 6.07) is 20.6. The molecule has 2 heterocycles. The summed E-state index contributed by atoms with van der Waals surface area (Å²) >= 11 is 0. The lowest BCUT2D eigenvalue weighted by Gasteiger charge is -2.17. The number of carbonyl (C=O) groups excluding carboxylic acids is 1. The van der Waals surface area contributed by atoms with Gasteiger partial charge in [-0.25, -0.2) is 4.98 Å². The normalized spacial score (nSPS) is 16.4. The van der Waals surface area contributed by atoms with Crippen molar-refractivity contribution < 1.29 is 9.53 Å². The average molecular weight is 343 g/mol. The van der Waals surface area contributed by atoms with E-state index in [4.69, 9.17) is 10.00 Å². The summed E-state index contributed by atoms with van der Waals surface area (Å²) in [7, 11) is 0. The number of hydrogen-bond donors (Lipinski definition) is 0. The maximum absolute atomic E-state index is 12.6. The van der Waals surface area contributed by atoms with Crippen molar-refractivity contribution >= 4 is 16.8 Å². The summed E-state index contributed by atoms with van der Waals surface area (Å²) in [5.41, 5.74) is 1.92. The van der Waals surface area contributed by atoms with Crippen molar-refractivity contribution in [1.29, 1.82) is 5.26 Å². The number of carbonyl (C=O) groups is 1. The zero-order valence-electron chi connectivity index (χ0n) is 14.1. The monoisotopic (exact) mass is 343 g/mol. The fraction of sp³-hybridized carbons (Fsp3) is 0.190. The van der Waals surface area contributed by atoms with Crippen LogP contribution in [0.3, 0.4) is 0 Å². The van der Waals surface area contributed by atoms with Crippen LogP contribution in [-0.2, 0) is 0 Å². The molecule has 5 heteroatoms. The van der Waals surface area contributed by atoms with E-state index in [1.54, 1.807) is 29.2 Å². The molecule has 0 spiro atoms. The summed E-state index contributed by atoms with van der Waals surface area (Å²) in [5, 5.41) is 10.1. The highest BCUT2D eigenvalue weighted by Gasteiger charge is 2.28. The van der Waals surface area contributed by atoms with Gasteiger partial charge in [0.1, 0.15) is 6.10 Å². The second kappa shape index (κ2) is 6.85. The molecule has 0 bridgehead atoms. The third-order valence-electron chi connectivity index (χ3n) is 4.53. The number of likely N-dealkylation sites (tertiary alicyclic amines) is 1. The van der Waals surface area contributed by atoms with Crippen molar-refractivity contribution in [3.63, 3.8) is 0 Å². The number of ether oxygens (including phenoxy) is 1. The molecule has 1 saturated heterocycles. The molecule has 2 aromatic carbocycles. The maximum Gasteiger partial charge on any atom is 0.254 e. The largest absolute Gasteiger partial charge is 0.472 e. The maximum atomic E-state index is 12.6. The van der Waals surface area contributed by atoms with E-state index in [9.17, 15) is 4.79 Å². The van der Waals surface area contributed by atoms with Crippen LogP contribution in [0.15, 0.2) is 60.7 Å². The number of nitriles is 1. The minimum absolute atomic E-state index is 0.0697. The first-order valence-electron chi connectivity index (χ1n) is 8.55. The quantitative estimate of drug-likeness (QED) is 0.731. The van der Waals surface area contributed by atoms with Crippen LogP contribution in [0.4, 0.5) is 0 Å². The predicted molar refractivity (Wildman–Crippen MR) is 97.8 cm³/mol. The average Bonchev–Trinajstić information content (AvgIpc) is 3.15. The van der Waals surface area contributed by atoms with Gasteiger partial charge in [0.05, 0.1) is 23.7 Å². The van der Waals surface area contributed by atoms with E-state index in [2.05, 4.69) is 11.1 Å². The lowest BCUT2D eigenvalue weighted by molar-refractivity contribution is 0.0771. The fourth-order valence-electron chi connectivity index (χ4n) is 3.20. The van der Waals surface area contributed by atoms with Crippen molar-refractivity contribution in [2.45, 2.75) is 12.5 Å². The van der Waals surface area contributed by atoms with Crippen LogP contribution in [0.1, 0.15) is 22.3 Å². The number of nitrogens with zero attached hydrogens (tertiary/aromatic N) is 3. The van der Waals surface area contributed by atoms with Crippen LogP contribution >= 0.6 is 0 Å². The standard InChI is InChI=1S/C21H17N3O2/c22-13-15-4-3-6-17(12-15)21(25)24-11-10-18(14-24)26-20-9-8-16-5-1-2-7-19(16)23-20/h1-9,12,18H,10-11,14H2. The van der Waals surface area contributed by atoms with Gasteiger partial charge in [-0.15, -0.1) is 0 Å². The highest BCUT2D eigenvalue weighted by molar-refractivity contribution is 5.94. The van der Waals surface area contributed by atoms with Gasteiger partial charge in [0, 0.05) is 30.0 Å². The van der Waals surface area contributed by atoms with E-state index in [0.717, 1.165) is 17.3 Å². The molecule has 5 nitrogen and oxygen atoms in total. The van der Waals surface area contributed by atoms with Crippen molar-refractivity contribution in [1.82, 2.24) is 9.88 Å². The number of para-hydroxylation sites is 1. The summed E-state index contributed by atoms with van der Waals surface area (Å²) in [4.78, 5) is 18.9. The topological polar surface area (TPSA) is 66.2 Å². The van der Waals surface area contributed by atoms with Gasteiger partial charge in [0.2, 0.25) is 5.88 Å². The predicted octanol–water partition coefficient (Wildman–Crippen LogP) is 3.40. The van der Waals surface area contributed by atoms with Gasteiger partial charge in [-0.3, -0.25) is 4.79 Å². The number of rotatable bonds is 3. The summed E-state index contributed by atoms with van der Waals surface area (Å²) < 4.78 is 5.99. The van der Waals surface area contributed by atoms with E-state index in [-0.39, 0.29) is 12.0 Å². The molecule has 0 radical (unpaired) electrons. The summed E-state index contributed by atoms with van der Waals surface area (Å²) in [6.45, 7) is 1.15. The Morgan fingerprint density at radius 1 is 1.15 bits per heavy atom. The van der Waals surface area contributed by atoms with Crippen LogP contribution in [0, 0.1) is 11.3 Å². The Morgan fingerprint density at radius 3 is 2.92 bits per heavy atom.